The van der Waals surface area contributed by atoms with Crippen molar-refractivity contribution in [2.75, 3.05) is 13.1 Å². The lowest BCUT2D eigenvalue weighted by atomic mass is 9.85. The second-order valence-electron chi connectivity index (χ2n) is 8.66. The fourth-order valence-electron chi connectivity index (χ4n) is 3.82. The van der Waals surface area contributed by atoms with E-state index in [9.17, 15) is 14.7 Å². The minimum atomic E-state index is -0.964. The lowest BCUT2D eigenvalue weighted by Gasteiger charge is -2.42. The highest BCUT2D eigenvalue weighted by Gasteiger charge is 2.35. The molecule has 3 N–H and O–H groups in total. The van der Waals surface area contributed by atoms with Gasteiger partial charge in [0.2, 0.25) is 0 Å². The number of fused-ring (bicyclic) bond motifs is 1. The highest BCUT2D eigenvalue weighted by atomic mass is 16.6. The van der Waals surface area contributed by atoms with Gasteiger partial charge in [-0.25, -0.2) is 14.6 Å². The average molecular weight is 402 g/mol. The predicted octanol–water partition coefficient (Wildman–Crippen LogP) is 3.53. The molecular formula is C21H30N4O4. The van der Waals surface area contributed by atoms with Gasteiger partial charge in [0.1, 0.15) is 11.2 Å². The molecule has 1 amide bonds. The molecule has 0 saturated carbocycles. The van der Waals surface area contributed by atoms with Crippen molar-refractivity contribution in [3.63, 3.8) is 0 Å². The smallest absolute Gasteiger partial charge is 0.410 e. The normalized spacial score (nSPS) is 16.8. The Morgan fingerprint density at radius 2 is 2.03 bits per heavy atom. The van der Waals surface area contributed by atoms with Crippen molar-refractivity contribution in [2.24, 2.45) is 0 Å². The third-order valence-electron chi connectivity index (χ3n) is 5.59. The Bertz CT molecular complexity index is 892. The Kier molecular flexibility index (Phi) is 5.84. The monoisotopic (exact) mass is 402 g/mol. The van der Waals surface area contributed by atoms with Gasteiger partial charge in [0, 0.05) is 43.0 Å². The number of nitrogens with one attached hydrogen (secondary N) is 2. The molecule has 158 valence electrons. The summed E-state index contributed by atoms with van der Waals surface area (Å²) in [6.45, 7) is 9.54. The number of pyridine rings is 1. The van der Waals surface area contributed by atoms with Crippen LogP contribution >= 0.6 is 0 Å². The van der Waals surface area contributed by atoms with Crippen molar-refractivity contribution in [1.29, 1.82) is 0 Å². The summed E-state index contributed by atoms with van der Waals surface area (Å²) in [5.74, 6) is -0.964. The number of rotatable bonds is 5. The van der Waals surface area contributed by atoms with E-state index in [2.05, 4.69) is 22.2 Å². The van der Waals surface area contributed by atoms with Crippen molar-refractivity contribution in [3.8, 4) is 0 Å². The van der Waals surface area contributed by atoms with E-state index in [0.29, 0.717) is 30.7 Å². The van der Waals surface area contributed by atoms with Crippen LogP contribution in [0.2, 0.25) is 0 Å². The number of carbonyl (C=O) groups excluding carboxylic acids is 1. The third-order valence-corrected chi connectivity index (χ3v) is 5.59. The molecule has 0 atom stereocenters. The van der Waals surface area contributed by atoms with Crippen molar-refractivity contribution < 1.29 is 19.4 Å². The van der Waals surface area contributed by atoms with E-state index in [1.165, 1.54) is 12.3 Å². The fourth-order valence-corrected chi connectivity index (χ4v) is 3.82. The van der Waals surface area contributed by atoms with Gasteiger partial charge >= 0.3 is 12.1 Å². The first-order chi connectivity index (χ1) is 13.6. The number of piperidine rings is 1. The molecule has 0 aliphatic carbocycles. The van der Waals surface area contributed by atoms with Crippen LogP contribution in [0.1, 0.15) is 62.9 Å². The van der Waals surface area contributed by atoms with Crippen molar-refractivity contribution in [2.45, 2.75) is 64.6 Å². The molecule has 3 rings (SSSR count). The Balaban J connectivity index is 1.68. The molecule has 8 heteroatoms. The Hall–Kier alpha value is -2.61. The number of carbonyl (C=O) groups is 2. The van der Waals surface area contributed by atoms with Gasteiger partial charge in [-0.3, -0.25) is 0 Å². The maximum atomic E-state index is 12.3. The molecule has 0 unspecified atom stereocenters. The zero-order valence-corrected chi connectivity index (χ0v) is 17.5. The van der Waals surface area contributed by atoms with E-state index in [1.54, 1.807) is 4.90 Å². The van der Waals surface area contributed by atoms with Crippen LogP contribution in [0, 0.1) is 0 Å². The molecule has 2 aromatic heterocycles. The largest absolute Gasteiger partial charge is 0.478 e. The molecule has 0 aromatic carbocycles. The molecule has 1 aliphatic rings. The summed E-state index contributed by atoms with van der Waals surface area (Å²) >= 11 is 0. The minimum absolute atomic E-state index is 0.103. The van der Waals surface area contributed by atoms with Crippen LogP contribution in [0.5, 0.6) is 0 Å². The van der Waals surface area contributed by atoms with Crippen LogP contribution < -0.4 is 5.32 Å². The fraction of sp³-hybridized carbons (Fsp3) is 0.571. The first kappa shape index (κ1) is 21.1. The van der Waals surface area contributed by atoms with Gasteiger partial charge in [-0.15, -0.1) is 0 Å². The van der Waals surface area contributed by atoms with Gasteiger partial charge in [-0.1, -0.05) is 6.92 Å². The third kappa shape index (κ3) is 4.70. The van der Waals surface area contributed by atoms with E-state index < -0.39 is 11.6 Å². The topological polar surface area (TPSA) is 108 Å². The van der Waals surface area contributed by atoms with Crippen LogP contribution in [-0.2, 0) is 11.3 Å². The highest BCUT2D eigenvalue weighted by Crippen LogP contribution is 2.28. The van der Waals surface area contributed by atoms with Crippen molar-refractivity contribution >= 4 is 23.1 Å². The van der Waals surface area contributed by atoms with Crippen LogP contribution in [0.25, 0.3) is 11.0 Å². The average Bonchev–Trinajstić information content (AvgIpc) is 3.08. The Morgan fingerprint density at radius 1 is 1.34 bits per heavy atom. The quantitative estimate of drug-likeness (QED) is 0.706. The molecular weight excluding hydrogens is 372 g/mol. The molecule has 1 fully saturated rings. The lowest BCUT2D eigenvalue weighted by Crippen LogP contribution is -2.54. The maximum absolute atomic E-state index is 12.3. The Morgan fingerprint density at radius 3 is 2.62 bits per heavy atom. The Labute approximate surface area is 170 Å². The van der Waals surface area contributed by atoms with E-state index in [1.807, 2.05) is 27.0 Å². The summed E-state index contributed by atoms with van der Waals surface area (Å²) in [5.41, 5.74) is 1.10. The summed E-state index contributed by atoms with van der Waals surface area (Å²) in [6, 6.07) is 1.52. The molecule has 1 aliphatic heterocycles. The zero-order valence-electron chi connectivity index (χ0n) is 17.5. The first-order valence-electron chi connectivity index (χ1n) is 10.1. The number of hydrogen-bond donors (Lipinski definition) is 3. The van der Waals surface area contributed by atoms with Crippen LogP contribution in [0.4, 0.5) is 4.79 Å². The molecule has 8 nitrogen and oxygen atoms in total. The zero-order chi connectivity index (χ0) is 21.2. The number of nitrogens with zero attached hydrogens (tertiary/aromatic N) is 2. The number of aromatic nitrogens is 2. The first-order valence-corrected chi connectivity index (χ1v) is 10.1. The number of H-pyrrole nitrogens is 1. The molecule has 29 heavy (non-hydrogen) atoms. The van der Waals surface area contributed by atoms with Crippen LogP contribution in [0.3, 0.4) is 0 Å². The number of aromatic carboxylic acids is 1. The number of aromatic amines is 1. The summed E-state index contributed by atoms with van der Waals surface area (Å²) in [6.07, 6.45) is 5.60. The van der Waals surface area contributed by atoms with E-state index >= 15 is 0 Å². The lowest BCUT2D eigenvalue weighted by molar-refractivity contribution is 0.0142. The molecule has 0 spiro atoms. The molecule has 1 saturated heterocycles. The van der Waals surface area contributed by atoms with Gasteiger partial charge in [-0.2, -0.15) is 0 Å². The van der Waals surface area contributed by atoms with Crippen LogP contribution in [0.15, 0.2) is 18.5 Å². The van der Waals surface area contributed by atoms with Gasteiger partial charge in [0.05, 0.1) is 5.56 Å². The molecule has 3 heterocycles. The van der Waals surface area contributed by atoms with Crippen LogP contribution in [-0.4, -0.2) is 56.3 Å². The minimum Gasteiger partial charge on any atom is -0.478 e. The highest BCUT2D eigenvalue weighted by molar-refractivity contribution is 6.03. The van der Waals surface area contributed by atoms with Gasteiger partial charge in [0.15, 0.2) is 0 Å². The number of likely N-dealkylation sites (tertiary alicyclic amines) is 1. The van der Waals surface area contributed by atoms with E-state index in [0.717, 1.165) is 24.8 Å². The number of ether oxygens (including phenoxy) is 1. The van der Waals surface area contributed by atoms with E-state index in [-0.39, 0.29) is 17.2 Å². The summed E-state index contributed by atoms with van der Waals surface area (Å²) in [7, 11) is 0. The SMILES string of the molecule is CCC1(NCc2c[nH]c3nccc(C(=O)O)c23)CCN(C(=O)OC(C)(C)C)CC1. The summed E-state index contributed by atoms with van der Waals surface area (Å²) in [5, 5.41) is 13.8. The van der Waals surface area contributed by atoms with Crippen molar-refractivity contribution in [3.05, 3.63) is 29.6 Å². The van der Waals surface area contributed by atoms with Gasteiger partial charge < -0.3 is 25.0 Å². The van der Waals surface area contributed by atoms with Gasteiger partial charge in [-0.05, 0) is 51.7 Å². The maximum Gasteiger partial charge on any atom is 0.410 e. The molecule has 0 radical (unpaired) electrons. The number of carboxylic acid groups (broad SMARTS) is 1. The second-order valence-corrected chi connectivity index (χ2v) is 8.66. The number of amides is 1. The number of hydrogen-bond acceptors (Lipinski definition) is 5. The van der Waals surface area contributed by atoms with E-state index in [4.69, 9.17) is 4.74 Å². The molecule has 2 aromatic rings. The predicted molar refractivity (Wildman–Crippen MR) is 110 cm³/mol. The van der Waals surface area contributed by atoms with Gasteiger partial charge in [0.25, 0.3) is 0 Å². The summed E-state index contributed by atoms with van der Waals surface area (Å²) in [4.78, 5) is 33.0. The molecule has 0 bridgehead atoms. The second kappa shape index (κ2) is 8.02. The standard InChI is InChI=1S/C21H30N4O4/c1-5-21(7-10-25(11-8-21)19(28)29-20(2,3)4)24-13-14-12-23-17-16(14)15(18(26)27)6-9-22-17/h6,9,12,24H,5,7-8,10-11,13H2,1-4H3,(H,22,23)(H,26,27). The summed E-state index contributed by atoms with van der Waals surface area (Å²) < 4.78 is 5.48. The number of carboxylic acids is 1. The van der Waals surface area contributed by atoms with Crippen molar-refractivity contribution in [1.82, 2.24) is 20.2 Å².